The summed E-state index contributed by atoms with van der Waals surface area (Å²) >= 11 is 0. The van der Waals surface area contributed by atoms with Gasteiger partial charge in [-0.05, 0) is 12.8 Å². The molecular formula is C41H82N2O9. The maximum Gasteiger partial charge on any atom is 0.315 e. The van der Waals surface area contributed by atoms with E-state index in [1.807, 2.05) is 0 Å². The molecular weight excluding hydrogens is 664 g/mol. The maximum atomic E-state index is 12.7. The van der Waals surface area contributed by atoms with Crippen LogP contribution in [0.25, 0.3) is 0 Å². The molecule has 0 saturated carbocycles. The van der Waals surface area contributed by atoms with Crippen LogP contribution in [0.15, 0.2) is 0 Å². The predicted octanol–water partition coefficient (Wildman–Crippen LogP) is 6.85. The van der Waals surface area contributed by atoms with E-state index in [-0.39, 0.29) is 13.2 Å². The first-order valence-corrected chi connectivity index (χ1v) is 21.5. The molecule has 1 heterocycles. The van der Waals surface area contributed by atoms with Gasteiger partial charge in [0.15, 0.2) is 6.29 Å². The van der Waals surface area contributed by atoms with Crippen molar-refractivity contribution < 1.29 is 44.9 Å². The number of nitrogens with zero attached hydrogens (tertiary/aromatic N) is 1. The molecule has 11 nitrogen and oxygen atoms in total. The summed E-state index contributed by atoms with van der Waals surface area (Å²) in [6.07, 6.45) is 21.4. The zero-order chi connectivity index (χ0) is 38.4. The van der Waals surface area contributed by atoms with Crippen molar-refractivity contribution in [3.63, 3.8) is 0 Å². The monoisotopic (exact) mass is 747 g/mol. The van der Waals surface area contributed by atoms with Gasteiger partial charge in [-0.15, -0.1) is 0 Å². The lowest BCUT2D eigenvalue weighted by Crippen LogP contribution is -2.60. The van der Waals surface area contributed by atoms with Gasteiger partial charge in [0.2, 0.25) is 0 Å². The molecule has 1 rings (SSSR count). The lowest BCUT2D eigenvalue weighted by molar-refractivity contribution is -0.304. The Balaban J connectivity index is 2.60. The van der Waals surface area contributed by atoms with Gasteiger partial charge in [-0.25, -0.2) is 4.79 Å². The van der Waals surface area contributed by atoms with Crippen LogP contribution in [-0.2, 0) is 9.47 Å². The van der Waals surface area contributed by atoms with Crippen molar-refractivity contribution in [2.45, 2.75) is 236 Å². The number of urea groups is 1. The first-order chi connectivity index (χ1) is 25.2. The third kappa shape index (κ3) is 21.7. The summed E-state index contributed by atoms with van der Waals surface area (Å²) in [7, 11) is 0. The molecule has 0 aromatic carbocycles. The molecule has 0 bridgehead atoms. The molecule has 1 fully saturated rings. The molecule has 0 aliphatic carbocycles. The number of amides is 2. The number of carbonyl (C=O) groups excluding carboxylic acids is 1. The van der Waals surface area contributed by atoms with Gasteiger partial charge in [0, 0.05) is 6.54 Å². The van der Waals surface area contributed by atoms with Crippen molar-refractivity contribution in [1.82, 2.24) is 4.90 Å². The van der Waals surface area contributed by atoms with Crippen molar-refractivity contribution in [2.24, 2.45) is 5.73 Å². The van der Waals surface area contributed by atoms with Gasteiger partial charge in [-0.3, -0.25) is 0 Å². The summed E-state index contributed by atoms with van der Waals surface area (Å²) in [4.78, 5) is 14.0. The molecule has 1 saturated heterocycles. The summed E-state index contributed by atoms with van der Waals surface area (Å²) < 4.78 is 11.3. The van der Waals surface area contributed by atoms with E-state index in [1.165, 1.54) is 120 Å². The number of aliphatic hydroxyl groups is 6. The van der Waals surface area contributed by atoms with E-state index >= 15 is 0 Å². The first kappa shape index (κ1) is 49.0. The number of ether oxygens (including phenoxy) is 2. The van der Waals surface area contributed by atoms with E-state index < -0.39 is 61.6 Å². The molecule has 0 aromatic rings. The lowest BCUT2D eigenvalue weighted by atomic mass is 9.97. The zero-order valence-electron chi connectivity index (χ0n) is 33.3. The summed E-state index contributed by atoms with van der Waals surface area (Å²) in [5, 5.41) is 62.8. The molecule has 0 spiro atoms. The standard InChI is InChI=1S/C41H82N2O9/c1-3-5-7-9-11-13-15-17-18-20-22-24-26-28-30-43(41(42)50)33(32-51-40-39(49)38(48)37(47)35(31-44)52-40)36(46)34(45)29-27-25-23-21-19-16-14-12-10-8-6-4-2/h33-40,44-49H,3-32H2,1-2H3,(H2,42,50)/t33-,34+,35+,36-,37-,38-,39+,40+/m0/s1. The topological polar surface area (TPSA) is 186 Å². The van der Waals surface area contributed by atoms with Crippen LogP contribution < -0.4 is 5.73 Å². The van der Waals surface area contributed by atoms with Crippen LogP contribution in [0, 0.1) is 0 Å². The van der Waals surface area contributed by atoms with Crippen LogP contribution in [0.4, 0.5) is 4.79 Å². The molecule has 11 heteroatoms. The number of aliphatic hydroxyl groups excluding tert-OH is 6. The Bertz CT molecular complexity index is 823. The second-order valence-corrected chi connectivity index (χ2v) is 15.5. The lowest BCUT2D eigenvalue weighted by Gasteiger charge is -2.41. The van der Waals surface area contributed by atoms with Gasteiger partial charge in [-0.2, -0.15) is 0 Å². The molecule has 1 aliphatic rings. The fraction of sp³-hybridized carbons (Fsp3) is 0.976. The second kappa shape index (κ2) is 32.2. The van der Waals surface area contributed by atoms with E-state index in [1.54, 1.807) is 0 Å². The van der Waals surface area contributed by atoms with Crippen molar-refractivity contribution in [3.05, 3.63) is 0 Å². The molecule has 8 N–H and O–H groups in total. The Morgan fingerprint density at radius 2 is 1.04 bits per heavy atom. The van der Waals surface area contributed by atoms with E-state index in [0.29, 0.717) is 12.8 Å². The molecule has 8 atom stereocenters. The van der Waals surface area contributed by atoms with E-state index in [2.05, 4.69) is 13.8 Å². The van der Waals surface area contributed by atoms with Crippen molar-refractivity contribution >= 4 is 6.03 Å². The van der Waals surface area contributed by atoms with Crippen LogP contribution in [0.5, 0.6) is 0 Å². The third-order valence-corrected chi connectivity index (χ3v) is 10.9. The SMILES string of the molecule is CCCCCCCCCCCCCCCCN(C(N)=O)[C@@H](CO[C@@H]1O[C@H](CO)[C@H](O)[C@H](O)[C@H]1O)[C@H](O)[C@H](O)CCCCCCCCCCCCCC. The quantitative estimate of drug-likeness (QED) is 0.0341. The van der Waals surface area contributed by atoms with Crippen LogP contribution in [0.2, 0.25) is 0 Å². The Hall–Kier alpha value is -1.05. The van der Waals surface area contributed by atoms with Gasteiger partial charge in [0.25, 0.3) is 0 Å². The van der Waals surface area contributed by atoms with Crippen LogP contribution in [0.1, 0.15) is 187 Å². The summed E-state index contributed by atoms with van der Waals surface area (Å²) in [6, 6.07) is -1.80. The fourth-order valence-electron chi connectivity index (χ4n) is 7.31. The van der Waals surface area contributed by atoms with E-state index in [9.17, 15) is 35.4 Å². The van der Waals surface area contributed by atoms with Crippen LogP contribution >= 0.6 is 0 Å². The second-order valence-electron chi connectivity index (χ2n) is 15.5. The summed E-state index contributed by atoms with van der Waals surface area (Å²) in [6.45, 7) is 3.78. The first-order valence-electron chi connectivity index (χ1n) is 21.5. The Morgan fingerprint density at radius 1 is 0.635 bits per heavy atom. The average molecular weight is 747 g/mol. The normalized spacial score (nSPS) is 22.3. The molecule has 0 unspecified atom stereocenters. The minimum atomic E-state index is -1.63. The Morgan fingerprint density at radius 3 is 1.44 bits per heavy atom. The molecule has 52 heavy (non-hydrogen) atoms. The van der Waals surface area contributed by atoms with Crippen molar-refractivity contribution in [1.29, 1.82) is 0 Å². The molecule has 0 radical (unpaired) electrons. The average Bonchev–Trinajstić information content (AvgIpc) is 3.13. The predicted molar refractivity (Wildman–Crippen MR) is 208 cm³/mol. The number of primary amides is 1. The molecule has 0 aromatic heterocycles. The zero-order valence-corrected chi connectivity index (χ0v) is 33.3. The number of carbonyl (C=O) groups is 1. The van der Waals surface area contributed by atoms with Gasteiger partial charge < -0.3 is 50.7 Å². The van der Waals surface area contributed by atoms with Gasteiger partial charge in [0.05, 0.1) is 25.4 Å². The van der Waals surface area contributed by atoms with E-state index in [0.717, 1.165) is 44.9 Å². The fourth-order valence-corrected chi connectivity index (χ4v) is 7.31. The molecule has 1 aliphatic heterocycles. The molecule has 310 valence electrons. The summed E-state index contributed by atoms with van der Waals surface area (Å²) in [5.74, 6) is 0. The highest BCUT2D eigenvalue weighted by molar-refractivity contribution is 5.72. The van der Waals surface area contributed by atoms with Crippen molar-refractivity contribution in [3.8, 4) is 0 Å². The molecule has 2 amide bonds. The number of rotatable bonds is 35. The Kier molecular flexibility index (Phi) is 30.3. The highest BCUT2D eigenvalue weighted by atomic mass is 16.7. The van der Waals surface area contributed by atoms with Gasteiger partial charge in [0.1, 0.15) is 30.5 Å². The smallest absolute Gasteiger partial charge is 0.315 e. The number of hydrogen-bond acceptors (Lipinski definition) is 9. The maximum absolute atomic E-state index is 12.7. The Labute approximate surface area is 317 Å². The largest absolute Gasteiger partial charge is 0.394 e. The number of hydrogen-bond donors (Lipinski definition) is 7. The summed E-state index contributed by atoms with van der Waals surface area (Å²) in [5.41, 5.74) is 5.82. The van der Waals surface area contributed by atoms with Gasteiger partial charge in [-0.1, -0.05) is 174 Å². The number of unbranched alkanes of at least 4 members (excludes halogenated alkanes) is 24. The van der Waals surface area contributed by atoms with Crippen LogP contribution in [0.3, 0.4) is 0 Å². The minimum Gasteiger partial charge on any atom is -0.394 e. The number of nitrogens with two attached hydrogens (primary N) is 1. The van der Waals surface area contributed by atoms with Gasteiger partial charge >= 0.3 is 6.03 Å². The van der Waals surface area contributed by atoms with Crippen LogP contribution in [-0.4, -0.2) is 110 Å². The highest BCUT2D eigenvalue weighted by Crippen LogP contribution is 2.24. The van der Waals surface area contributed by atoms with E-state index in [4.69, 9.17) is 15.2 Å². The highest BCUT2D eigenvalue weighted by Gasteiger charge is 2.45. The third-order valence-electron chi connectivity index (χ3n) is 10.9. The minimum absolute atomic E-state index is 0.262. The van der Waals surface area contributed by atoms with Crippen molar-refractivity contribution in [2.75, 3.05) is 19.8 Å².